The number of aromatic nitrogens is 4. The Morgan fingerprint density at radius 2 is 2.38 bits per heavy atom. The molecule has 1 aliphatic carbocycles. The van der Waals surface area contributed by atoms with E-state index in [0.29, 0.717) is 28.9 Å². The second-order valence-electron chi connectivity index (χ2n) is 4.73. The number of nitrogens with one attached hydrogen (secondary N) is 2. The summed E-state index contributed by atoms with van der Waals surface area (Å²) < 4.78 is 5.38. The molecule has 0 aromatic carbocycles. The lowest BCUT2D eigenvalue weighted by atomic mass is 10.3. The standard InChI is InChI=1S/C13H14BrN5O2/c1-2-21-12(20)8-6-15-13(14)17-11(8)16-10-5-9(18-19-10)7-3-4-7/h5-7H,2-4H2,1H3,(H2,15,16,17,18,19). The van der Waals surface area contributed by atoms with Gasteiger partial charge in [0.05, 0.1) is 6.61 Å². The summed E-state index contributed by atoms with van der Waals surface area (Å²) >= 11 is 3.19. The van der Waals surface area contributed by atoms with E-state index >= 15 is 0 Å². The monoisotopic (exact) mass is 351 g/mol. The number of halogens is 1. The molecule has 0 radical (unpaired) electrons. The van der Waals surface area contributed by atoms with Gasteiger partial charge in [-0.05, 0) is 35.7 Å². The third-order valence-corrected chi connectivity index (χ3v) is 3.50. The number of esters is 1. The summed E-state index contributed by atoms with van der Waals surface area (Å²) in [5.41, 5.74) is 1.37. The summed E-state index contributed by atoms with van der Waals surface area (Å²) in [6.07, 6.45) is 3.80. The first-order valence-electron chi connectivity index (χ1n) is 6.69. The van der Waals surface area contributed by atoms with E-state index in [9.17, 15) is 4.79 Å². The van der Waals surface area contributed by atoms with Crippen molar-refractivity contribution in [3.63, 3.8) is 0 Å². The summed E-state index contributed by atoms with van der Waals surface area (Å²) in [5.74, 6) is 1.09. The molecule has 0 spiro atoms. The fraction of sp³-hybridized carbons (Fsp3) is 0.385. The molecule has 2 N–H and O–H groups in total. The Bertz CT molecular complexity index is 668. The highest BCUT2D eigenvalue weighted by Gasteiger charge is 2.26. The van der Waals surface area contributed by atoms with Crippen LogP contribution in [0.4, 0.5) is 11.6 Å². The van der Waals surface area contributed by atoms with Crippen molar-refractivity contribution < 1.29 is 9.53 Å². The topological polar surface area (TPSA) is 92.8 Å². The van der Waals surface area contributed by atoms with E-state index in [1.54, 1.807) is 6.92 Å². The van der Waals surface area contributed by atoms with Crippen molar-refractivity contribution in [1.82, 2.24) is 20.2 Å². The van der Waals surface area contributed by atoms with Gasteiger partial charge in [-0.25, -0.2) is 14.8 Å². The molecular weight excluding hydrogens is 338 g/mol. The van der Waals surface area contributed by atoms with Crippen LogP contribution in [0.3, 0.4) is 0 Å². The summed E-state index contributed by atoms with van der Waals surface area (Å²) in [6.45, 7) is 2.04. The van der Waals surface area contributed by atoms with Gasteiger partial charge in [0.25, 0.3) is 0 Å². The number of carbonyl (C=O) groups excluding carboxylic acids is 1. The largest absolute Gasteiger partial charge is 0.462 e. The minimum atomic E-state index is -0.467. The van der Waals surface area contributed by atoms with Crippen LogP contribution >= 0.6 is 15.9 Å². The van der Waals surface area contributed by atoms with Crippen LogP contribution in [0.2, 0.25) is 0 Å². The van der Waals surface area contributed by atoms with E-state index < -0.39 is 5.97 Å². The molecule has 0 atom stereocenters. The molecule has 2 aromatic rings. The number of anilines is 2. The van der Waals surface area contributed by atoms with E-state index in [2.05, 4.69) is 41.4 Å². The maximum Gasteiger partial charge on any atom is 0.343 e. The summed E-state index contributed by atoms with van der Waals surface area (Å²) in [5, 5.41) is 10.2. The van der Waals surface area contributed by atoms with Crippen molar-refractivity contribution in [1.29, 1.82) is 0 Å². The minimum absolute atomic E-state index is 0.274. The molecule has 7 nitrogen and oxygen atoms in total. The maximum absolute atomic E-state index is 11.9. The van der Waals surface area contributed by atoms with E-state index in [1.807, 2.05) is 6.07 Å². The SMILES string of the molecule is CCOC(=O)c1cnc(Br)nc1Nc1cc(C2CC2)[nH]n1. The van der Waals surface area contributed by atoms with Crippen LogP contribution in [0, 0.1) is 0 Å². The van der Waals surface area contributed by atoms with Crippen molar-refractivity contribution in [2.24, 2.45) is 0 Å². The Labute approximate surface area is 129 Å². The van der Waals surface area contributed by atoms with Crippen LogP contribution in [0.15, 0.2) is 17.0 Å². The van der Waals surface area contributed by atoms with Gasteiger partial charge < -0.3 is 10.1 Å². The highest BCUT2D eigenvalue weighted by Crippen LogP contribution is 2.39. The number of carbonyl (C=O) groups is 1. The molecule has 3 rings (SSSR count). The van der Waals surface area contributed by atoms with Crippen LogP contribution in [0.1, 0.15) is 41.7 Å². The number of nitrogens with zero attached hydrogens (tertiary/aromatic N) is 3. The summed E-state index contributed by atoms with van der Waals surface area (Å²) in [4.78, 5) is 20.1. The first-order valence-corrected chi connectivity index (χ1v) is 7.48. The van der Waals surface area contributed by atoms with E-state index in [-0.39, 0.29) is 5.56 Å². The first-order chi connectivity index (χ1) is 10.2. The second kappa shape index (κ2) is 5.80. The van der Waals surface area contributed by atoms with Crippen molar-refractivity contribution >= 4 is 33.5 Å². The smallest absolute Gasteiger partial charge is 0.343 e. The van der Waals surface area contributed by atoms with Crippen LogP contribution in [-0.2, 0) is 4.74 Å². The predicted molar refractivity (Wildman–Crippen MR) is 79.5 cm³/mol. The number of ether oxygens (including phenoxy) is 1. The Hall–Kier alpha value is -1.96. The van der Waals surface area contributed by atoms with Gasteiger partial charge in [-0.15, -0.1) is 0 Å². The molecule has 1 fully saturated rings. The molecule has 21 heavy (non-hydrogen) atoms. The molecule has 0 aliphatic heterocycles. The van der Waals surface area contributed by atoms with Crippen LogP contribution in [-0.4, -0.2) is 32.7 Å². The highest BCUT2D eigenvalue weighted by molar-refractivity contribution is 9.10. The van der Waals surface area contributed by atoms with Gasteiger partial charge in [-0.2, -0.15) is 5.10 Å². The Balaban J connectivity index is 1.85. The molecular formula is C13H14BrN5O2. The number of aromatic amines is 1. The first kappa shape index (κ1) is 14.0. The normalized spacial score (nSPS) is 14.0. The molecule has 0 unspecified atom stereocenters. The van der Waals surface area contributed by atoms with Crippen LogP contribution in [0.25, 0.3) is 0 Å². The lowest BCUT2D eigenvalue weighted by molar-refractivity contribution is 0.0526. The lowest BCUT2D eigenvalue weighted by Gasteiger charge is -2.08. The number of rotatable bonds is 5. The quantitative estimate of drug-likeness (QED) is 0.635. The molecule has 0 bridgehead atoms. The highest BCUT2D eigenvalue weighted by atomic mass is 79.9. The van der Waals surface area contributed by atoms with Crippen molar-refractivity contribution in [3.05, 3.63) is 28.3 Å². The van der Waals surface area contributed by atoms with E-state index in [0.717, 1.165) is 5.69 Å². The third-order valence-electron chi connectivity index (χ3n) is 3.12. The predicted octanol–water partition coefficient (Wildman–Crippen LogP) is 2.76. The molecule has 1 saturated carbocycles. The molecule has 0 saturated heterocycles. The fourth-order valence-electron chi connectivity index (χ4n) is 1.94. The van der Waals surface area contributed by atoms with Crippen molar-refractivity contribution in [2.45, 2.75) is 25.7 Å². The Morgan fingerprint density at radius 3 is 3.10 bits per heavy atom. The van der Waals surface area contributed by atoms with Crippen LogP contribution in [0.5, 0.6) is 0 Å². The zero-order valence-electron chi connectivity index (χ0n) is 11.4. The zero-order chi connectivity index (χ0) is 14.8. The maximum atomic E-state index is 11.9. The van der Waals surface area contributed by atoms with Gasteiger partial charge >= 0.3 is 5.97 Å². The lowest BCUT2D eigenvalue weighted by Crippen LogP contribution is -2.10. The zero-order valence-corrected chi connectivity index (χ0v) is 13.0. The minimum Gasteiger partial charge on any atom is -0.462 e. The van der Waals surface area contributed by atoms with E-state index in [4.69, 9.17) is 4.74 Å². The molecule has 2 heterocycles. The van der Waals surface area contributed by atoms with Gasteiger partial charge in [0.2, 0.25) is 0 Å². The van der Waals surface area contributed by atoms with Gasteiger partial charge in [0.1, 0.15) is 5.56 Å². The number of hydrogen-bond acceptors (Lipinski definition) is 6. The van der Waals surface area contributed by atoms with Gasteiger partial charge in [-0.3, -0.25) is 5.10 Å². The number of hydrogen-bond donors (Lipinski definition) is 2. The van der Waals surface area contributed by atoms with Gasteiger partial charge in [0.15, 0.2) is 16.4 Å². The van der Waals surface area contributed by atoms with E-state index in [1.165, 1.54) is 19.0 Å². The van der Waals surface area contributed by atoms with Gasteiger partial charge in [-0.1, -0.05) is 0 Å². The average Bonchev–Trinajstić information content (AvgIpc) is 3.20. The van der Waals surface area contributed by atoms with Crippen LogP contribution < -0.4 is 5.32 Å². The summed E-state index contributed by atoms with van der Waals surface area (Å²) in [6, 6.07) is 1.93. The van der Waals surface area contributed by atoms with Crippen molar-refractivity contribution in [3.8, 4) is 0 Å². The molecule has 8 heteroatoms. The Morgan fingerprint density at radius 1 is 1.57 bits per heavy atom. The number of H-pyrrole nitrogens is 1. The molecule has 1 aliphatic rings. The second-order valence-corrected chi connectivity index (χ2v) is 5.44. The third kappa shape index (κ3) is 3.21. The molecule has 2 aromatic heterocycles. The van der Waals surface area contributed by atoms with Crippen molar-refractivity contribution in [2.75, 3.05) is 11.9 Å². The fourth-order valence-corrected chi connectivity index (χ4v) is 2.22. The molecule has 0 amide bonds. The Kier molecular flexibility index (Phi) is 3.87. The molecule has 110 valence electrons. The van der Waals surface area contributed by atoms with Gasteiger partial charge in [0, 0.05) is 23.9 Å². The average molecular weight is 352 g/mol. The summed E-state index contributed by atoms with van der Waals surface area (Å²) in [7, 11) is 0.